The Morgan fingerprint density at radius 2 is 1.54 bits per heavy atom. The molecule has 0 aliphatic heterocycles. The van der Waals surface area contributed by atoms with Gasteiger partial charge < -0.3 is 4.89 Å². The number of benzene rings is 2. The number of rotatable bonds is 6. The van der Waals surface area contributed by atoms with Crippen LogP contribution in [0, 0.1) is 0 Å². The minimum Gasteiger partial charge on any atom is -0.340 e. The molecule has 2 unspecified atom stereocenters. The van der Waals surface area contributed by atoms with E-state index in [-0.39, 0.29) is 0 Å². The van der Waals surface area contributed by atoms with Crippen LogP contribution in [0.3, 0.4) is 0 Å². The van der Waals surface area contributed by atoms with Crippen LogP contribution in [0.1, 0.15) is 17.0 Å². The summed E-state index contributed by atoms with van der Waals surface area (Å²) >= 11 is 0. The minimum absolute atomic E-state index is 0.418. The van der Waals surface area contributed by atoms with Crippen LogP contribution in [-0.2, 0) is 11.1 Å². The summed E-state index contributed by atoms with van der Waals surface area (Å²) in [6.45, 7) is 0.486. The summed E-state index contributed by atoms with van der Waals surface area (Å²) in [7, 11) is -3.69. The maximum atomic E-state index is 13.2. The van der Waals surface area contributed by atoms with Gasteiger partial charge in [0.15, 0.2) is 0 Å². The van der Waals surface area contributed by atoms with Gasteiger partial charge in [-0.2, -0.15) is 0 Å². The van der Waals surface area contributed by atoms with Crippen molar-refractivity contribution >= 4 is 12.7 Å². The maximum absolute atomic E-state index is 13.2. The minimum atomic E-state index is -3.69. The lowest BCUT2D eigenvalue weighted by atomic mass is 10.2. The molecule has 0 saturated heterocycles. The zero-order chi connectivity index (χ0) is 16.8. The molecule has 2 aromatic carbocycles. The molecule has 0 amide bonds. The van der Waals surface area contributed by atoms with E-state index in [1.807, 2.05) is 42.5 Å². The van der Waals surface area contributed by atoms with Crippen molar-refractivity contribution in [2.24, 2.45) is 0 Å². The number of nitrogens with one attached hydrogen (secondary N) is 1. The summed E-state index contributed by atoms with van der Waals surface area (Å²) in [4.78, 5) is 15.1. The molecule has 0 spiro atoms. The van der Waals surface area contributed by atoms with Gasteiger partial charge in [-0.05, 0) is 29.8 Å². The second-order valence-electron chi connectivity index (χ2n) is 5.48. The highest BCUT2D eigenvalue weighted by molar-refractivity contribution is 7.66. The van der Waals surface area contributed by atoms with Crippen molar-refractivity contribution in [2.45, 2.75) is 12.3 Å². The molecule has 0 saturated carbocycles. The molecule has 0 aliphatic rings. The van der Waals surface area contributed by atoms with Gasteiger partial charge in [0.25, 0.3) is 7.37 Å². The molecule has 0 radical (unpaired) electrons. The van der Waals surface area contributed by atoms with Crippen LogP contribution in [0.15, 0.2) is 85.1 Å². The fourth-order valence-corrected chi connectivity index (χ4v) is 4.29. The van der Waals surface area contributed by atoms with Crippen LogP contribution in [0.2, 0.25) is 0 Å². The Labute approximate surface area is 141 Å². The van der Waals surface area contributed by atoms with Crippen molar-refractivity contribution in [3.05, 3.63) is 96.3 Å². The summed E-state index contributed by atoms with van der Waals surface area (Å²) in [6, 6.07) is 23.9. The molecule has 0 aliphatic carbocycles. The van der Waals surface area contributed by atoms with E-state index in [4.69, 9.17) is 0 Å². The van der Waals surface area contributed by atoms with Gasteiger partial charge in [0, 0.05) is 18.0 Å². The lowest BCUT2D eigenvalue weighted by Crippen LogP contribution is -2.26. The quantitative estimate of drug-likeness (QED) is 0.676. The molecule has 2 atom stereocenters. The molecule has 3 aromatic rings. The van der Waals surface area contributed by atoms with Crippen LogP contribution in [-0.4, -0.2) is 9.88 Å². The Balaban J connectivity index is 1.92. The van der Waals surface area contributed by atoms with E-state index in [9.17, 15) is 9.46 Å². The van der Waals surface area contributed by atoms with Gasteiger partial charge in [-0.1, -0.05) is 54.6 Å². The summed E-state index contributed by atoms with van der Waals surface area (Å²) in [5.74, 6) is -0.763. The molecule has 2 N–H and O–H groups in total. The summed E-state index contributed by atoms with van der Waals surface area (Å²) in [5.41, 5.74) is 1.61. The Hall–Kier alpha value is -2.26. The van der Waals surface area contributed by atoms with Crippen molar-refractivity contribution in [3.8, 4) is 0 Å². The van der Waals surface area contributed by atoms with Gasteiger partial charge in [-0.15, -0.1) is 0 Å². The van der Waals surface area contributed by atoms with E-state index in [1.165, 1.54) is 0 Å². The summed E-state index contributed by atoms with van der Waals surface area (Å²) < 4.78 is 13.2. The Morgan fingerprint density at radius 3 is 2.17 bits per heavy atom. The van der Waals surface area contributed by atoms with Crippen molar-refractivity contribution < 1.29 is 9.46 Å². The zero-order valence-electron chi connectivity index (χ0n) is 13.1. The molecule has 24 heavy (non-hydrogen) atoms. The smallest absolute Gasteiger partial charge is 0.252 e. The van der Waals surface area contributed by atoms with Gasteiger partial charge >= 0.3 is 0 Å². The largest absolute Gasteiger partial charge is 0.340 e. The van der Waals surface area contributed by atoms with Crippen molar-refractivity contribution in [1.82, 2.24) is 10.3 Å². The summed E-state index contributed by atoms with van der Waals surface area (Å²) in [5, 5.41) is 3.63. The molecule has 4 nitrogen and oxygen atoms in total. The number of aromatic nitrogens is 1. The molecule has 0 bridgehead atoms. The molecule has 1 aromatic heterocycles. The fraction of sp³-hybridized carbons (Fsp3) is 0.105. The molecule has 0 fully saturated rings. The molecule has 122 valence electrons. The zero-order valence-corrected chi connectivity index (χ0v) is 14.0. The van der Waals surface area contributed by atoms with Crippen molar-refractivity contribution in [3.63, 3.8) is 0 Å². The monoisotopic (exact) mass is 338 g/mol. The second kappa shape index (κ2) is 7.54. The third kappa shape index (κ3) is 3.80. The van der Waals surface area contributed by atoms with Gasteiger partial charge in [0.2, 0.25) is 0 Å². The van der Waals surface area contributed by atoms with Crippen molar-refractivity contribution in [1.29, 1.82) is 0 Å². The predicted molar refractivity (Wildman–Crippen MR) is 96.2 cm³/mol. The van der Waals surface area contributed by atoms with Crippen LogP contribution < -0.4 is 10.6 Å². The van der Waals surface area contributed by atoms with Gasteiger partial charge in [0.05, 0.1) is 5.69 Å². The van der Waals surface area contributed by atoms with E-state index >= 15 is 0 Å². The van der Waals surface area contributed by atoms with E-state index in [0.29, 0.717) is 17.5 Å². The van der Waals surface area contributed by atoms with Crippen LogP contribution in [0.4, 0.5) is 0 Å². The van der Waals surface area contributed by atoms with E-state index in [0.717, 1.165) is 5.56 Å². The topological polar surface area (TPSA) is 62.2 Å². The van der Waals surface area contributed by atoms with E-state index < -0.39 is 13.2 Å². The predicted octanol–water partition coefficient (Wildman–Crippen LogP) is 3.47. The average molecular weight is 338 g/mol. The summed E-state index contributed by atoms with van der Waals surface area (Å²) in [6.07, 6.45) is 1.64. The lowest BCUT2D eigenvalue weighted by Gasteiger charge is -2.24. The highest BCUT2D eigenvalue weighted by Crippen LogP contribution is 2.52. The normalized spacial score (nSPS) is 14.7. The Morgan fingerprint density at radius 1 is 0.917 bits per heavy atom. The maximum Gasteiger partial charge on any atom is 0.252 e. The number of pyridine rings is 1. The first kappa shape index (κ1) is 16.6. The van der Waals surface area contributed by atoms with Crippen LogP contribution in [0.5, 0.6) is 0 Å². The third-order valence-corrected chi connectivity index (χ3v) is 5.97. The number of nitrogens with zero attached hydrogens (tertiary/aromatic N) is 1. The number of hydrogen-bond acceptors (Lipinski definition) is 3. The molecular weight excluding hydrogens is 319 g/mol. The Kier molecular flexibility index (Phi) is 5.21. The van der Waals surface area contributed by atoms with Crippen molar-refractivity contribution in [2.75, 3.05) is 0 Å². The second-order valence-corrected chi connectivity index (χ2v) is 7.76. The van der Waals surface area contributed by atoms with Gasteiger partial charge in [-0.25, -0.2) is 0 Å². The lowest BCUT2D eigenvalue weighted by molar-refractivity contribution is 0.457. The first-order valence-electron chi connectivity index (χ1n) is 7.74. The highest BCUT2D eigenvalue weighted by Gasteiger charge is 2.34. The highest BCUT2D eigenvalue weighted by atomic mass is 31.2. The van der Waals surface area contributed by atoms with E-state index in [2.05, 4.69) is 10.3 Å². The first-order valence-corrected chi connectivity index (χ1v) is 9.47. The Bertz CT molecular complexity index is 811. The van der Waals surface area contributed by atoms with Crippen LogP contribution >= 0.6 is 7.37 Å². The average Bonchev–Trinajstić information content (AvgIpc) is 2.64. The van der Waals surface area contributed by atoms with Gasteiger partial charge in [0.1, 0.15) is 5.78 Å². The van der Waals surface area contributed by atoms with Crippen LogP contribution in [0.25, 0.3) is 0 Å². The fourth-order valence-electron chi connectivity index (χ4n) is 2.55. The molecule has 1 heterocycles. The standard InChI is InChI=1S/C19H19N2O2P/c22-24(23,17-11-5-2-6-12-17)19(18-13-7-8-14-20-18)21-15-16-9-3-1-4-10-16/h1-14,19,21H,15H2,(H,22,23). The molecular formula is C19H19N2O2P. The van der Waals surface area contributed by atoms with Gasteiger partial charge in [-0.3, -0.25) is 14.9 Å². The molecule has 5 heteroatoms. The first-order chi connectivity index (χ1) is 11.7. The SMILES string of the molecule is O=P(O)(c1ccccc1)C(NCc1ccccc1)c1ccccn1. The molecule has 3 rings (SSSR count). The van der Waals surface area contributed by atoms with E-state index in [1.54, 1.807) is 42.6 Å². The third-order valence-electron chi connectivity index (χ3n) is 3.79. The number of hydrogen-bond donors (Lipinski definition) is 2.